The number of aliphatic carboxylic acids is 1. The highest BCUT2D eigenvalue weighted by molar-refractivity contribution is 6.34. The number of carboxylic acids is 1. The van der Waals surface area contributed by atoms with E-state index in [1.54, 1.807) is 6.07 Å². The normalized spacial score (nSPS) is 16.7. The van der Waals surface area contributed by atoms with Crippen LogP contribution in [0, 0.1) is 5.82 Å². The fraction of sp³-hybridized carbons (Fsp3) is 0.261. The number of nitrogens with zero attached hydrogens (tertiary/aromatic N) is 3. The molecule has 0 saturated heterocycles. The Hall–Kier alpha value is -3.49. The summed E-state index contributed by atoms with van der Waals surface area (Å²) in [6, 6.07) is 5.88. The van der Waals surface area contributed by atoms with Crippen LogP contribution >= 0.6 is 0 Å². The molecule has 2 aliphatic rings. The fourth-order valence-electron chi connectivity index (χ4n) is 2.86. The van der Waals surface area contributed by atoms with Crippen molar-refractivity contribution < 1.29 is 27.5 Å². The predicted molar refractivity (Wildman–Crippen MR) is 117 cm³/mol. The first-order valence-corrected chi connectivity index (χ1v) is 9.89. The molecular formula is C23H23F4N3O2. The number of halogens is 4. The standard InChI is InChI=1S/C21H17F4N3O2.C2H6/c1-13(20(29)30)27-28-12-26-18(11-19(28)16-7-2-3-8-17(16)22)14-5-4-6-15(10-9-14)21(23,24)25;1-2/h2-4,6-11H,5,12H2,1H3,(H,29,30);1-2H3/b27-13+;. The zero-order chi connectivity index (χ0) is 23.9. The average Bonchev–Trinajstić information content (AvgIpc) is 3.02. The summed E-state index contributed by atoms with van der Waals surface area (Å²) in [5, 5.41) is 14.3. The third-order valence-corrected chi connectivity index (χ3v) is 4.41. The van der Waals surface area contributed by atoms with E-state index < -0.39 is 23.5 Å². The summed E-state index contributed by atoms with van der Waals surface area (Å²) in [6.07, 6.45) is 1.91. The largest absolute Gasteiger partial charge is 0.477 e. The van der Waals surface area contributed by atoms with Crippen molar-refractivity contribution in [2.45, 2.75) is 33.4 Å². The molecule has 1 aliphatic heterocycles. The third kappa shape index (κ3) is 6.03. The first-order chi connectivity index (χ1) is 15.2. The van der Waals surface area contributed by atoms with Crippen LogP contribution in [0.1, 0.15) is 32.8 Å². The summed E-state index contributed by atoms with van der Waals surface area (Å²) in [5.74, 6) is -1.79. The highest BCUT2D eigenvalue weighted by Gasteiger charge is 2.32. The number of hydrazone groups is 1. The highest BCUT2D eigenvalue weighted by atomic mass is 19.4. The molecule has 0 amide bonds. The van der Waals surface area contributed by atoms with Gasteiger partial charge < -0.3 is 5.11 Å². The first kappa shape index (κ1) is 24.8. The van der Waals surface area contributed by atoms with Crippen LogP contribution in [0.15, 0.2) is 75.9 Å². The van der Waals surface area contributed by atoms with Gasteiger partial charge in [0.25, 0.3) is 0 Å². The van der Waals surface area contributed by atoms with E-state index in [-0.39, 0.29) is 30.1 Å². The Balaban J connectivity index is 0.00000176. The maximum Gasteiger partial charge on any atom is 0.416 e. The average molecular weight is 449 g/mol. The van der Waals surface area contributed by atoms with Crippen LogP contribution in [-0.2, 0) is 4.79 Å². The van der Waals surface area contributed by atoms with E-state index in [9.17, 15) is 22.4 Å². The predicted octanol–water partition coefficient (Wildman–Crippen LogP) is 5.74. The molecule has 1 heterocycles. The van der Waals surface area contributed by atoms with Crippen molar-refractivity contribution in [1.82, 2.24) is 5.01 Å². The van der Waals surface area contributed by atoms with E-state index in [1.807, 2.05) is 13.8 Å². The van der Waals surface area contributed by atoms with Crippen LogP contribution in [-0.4, -0.2) is 40.4 Å². The second kappa shape index (κ2) is 10.7. The summed E-state index contributed by atoms with van der Waals surface area (Å²) in [4.78, 5) is 15.5. The van der Waals surface area contributed by atoms with Crippen LogP contribution in [0.4, 0.5) is 17.6 Å². The van der Waals surface area contributed by atoms with Crippen LogP contribution < -0.4 is 0 Å². The summed E-state index contributed by atoms with van der Waals surface area (Å²) in [5.41, 5.74) is 0.312. The van der Waals surface area contributed by atoms with Gasteiger partial charge in [0, 0.05) is 5.56 Å². The molecule has 0 aromatic heterocycles. The van der Waals surface area contributed by atoms with Gasteiger partial charge in [-0.1, -0.05) is 44.2 Å². The molecule has 1 N–H and O–H groups in total. The molecule has 1 aliphatic carbocycles. The Morgan fingerprint density at radius 1 is 1.19 bits per heavy atom. The lowest BCUT2D eigenvalue weighted by atomic mass is 10.0. The molecule has 0 atom stereocenters. The number of carboxylic acid groups (broad SMARTS) is 1. The minimum atomic E-state index is -4.47. The number of rotatable bonds is 4. The van der Waals surface area contributed by atoms with Gasteiger partial charge in [0.15, 0.2) is 0 Å². The van der Waals surface area contributed by atoms with Crippen molar-refractivity contribution >= 4 is 23.1 Å². The second-order valence-corrected chi connectivity index (χ2v) is 6.50. The van der Waals surface area contributed by atoms with E-state index in [4.69, 9.17) is 5.11 Å². The van der Waals surface area contributed by atoms with Gasteiger partial charge in [-0.15, -0.1) is 0 Å². The van der Waals surface area contributed by atoms with Gasteiger partial charge in [-0.2, -0.15) is 18.3 Å². The first-order valence-electron chi connectivity index (χ1n) is 9.89. The van der Waals surface area contributed by atoms with E-state index in [1.165, 1.54) is 48.4 Å². The van der Waals surface area contributed by atoms with Crippen LogP contribution in [0.2, 0.25) is 0 Å². The zero-order valence-corrected chi connectivity index (χ0v) is 17.8. The molecule has 0 spiro atoms. The van der Waals surface area contributed by atoms with Crippen LogP contribution in [0.5, 0.6) is 0 Å². The Labute approximate surface area is 183 Å². The maximum absolute atomic E-state index is 14.4. The Morgan fingerprint density at radius 3 is 2.50 bits per heavy atom. The molecule has 1 aromatic rings. The van der Waals surface area contributed by atoms with Crippen molar-refractivity contribution in [3.8, 4) is 0 Å². The number of allylic oxidation sites excluding steroid dienone is 7. The number of hydrogen-bond donors (Lipinski definition) is 1. The van der Waals surface area contributed by atoms with Gasteiger partial charge in [-0.25, -0.2) is 14.2 Å². The summed E-state index contributed by atoms with van der Waals surface area (Å²) in [6.45, 7) is 5.18. The van der Waals surface area contributed by atoms with Gasteiger partial charge in [-0.3, -0.25) is 4.99 Å². The lowest BCUT2D eigenvalue weighted by molar-refractivity contribution is -0.129. The van der Waals surface area contributed by atoms with E-state index >= 15 is 0 Å². The number of alkyl halides is 3. The van der Waals surface area contributed by atoms with Gasteiger partial charge in [0.2, 0.25) is 0 Å². The van der Waals surface area contributed by atoms with Crippen molar-refractivity contribution in [1.29, 1.82) is 0 Å². The number of benzene rings is 1. The van der Waals surface area contributed by atoms with E-state index in [0.29, 0.717) is 11.3 Å². The molecule has 0 radical (unpaired) electrons. The van der Waals surface area contributed by atoms with E-state index in [2.05, 4.69) is 10.1 Å². The monoisotopic (exact) mass is 449 g/mol. The van der Waals surface area contributed by atoms with Gasteiger partial charge in [0.1, 0.15) is 18.2 Å². The molecule has 1 aromatic carbocycles. The van der Waals surface area contributed by atoms with Crippen molar-refractivity contribution in [3.05, 3.63) is 77.2 Å². The third-order valence-electron chi connectivity index (χ3n) is 4.41. The molecule has 9 heteroatoms. The van der Waals surface area contributed by atoms with Gasteiger partial charge >= 0.3 is 12.1 Å². The fourth-order valence-corrected chi connectivity index (χ4v) is 2.86. The van der Waals surface area contributed by atoms with Crippen molar-refractivity contribution in [2.24, 2.45) is 10.1 Å². The molecule has 0 bridgehead atoms. The number of carbonyl (C=O) groups is 1. The Bertz CT molecular complexity index is 1050. The lowest BCUT2D eigenvalue weighted by Gasteiger charge is -2.26. The minimum absolute atomic E-state index is 0.114. The minimum Gasteiger partial charge on any atom is -0.477 e. The molecule has 32 heavy (non-hydrogen) atoms. The molecule has 5 nitrogen and oxygen atoms in total. The molecule has 0 fully saturated rings. The summed E-state index contributed by atoms with van der Waals surface area (Å²) in [7, 11) is 0. The smallest absolute Gasteiger partial charge is 0.416 e. The summed E-state index contributed by atoms with van der Waals surface area (Å²) < 4.78 is 53.3. The molecule has 3 rings (SSSR count). The maximum atomic E-state index is 14.4. The number of hydrogen-bond acceptors (Lipinski definition) is 4. The van der Waals surface area contributed by atoms with E-state index in [0.717, 1.165) is 12.2 Å². The molecule has 0 unspecified atom stereocenters. The Kier molecular flexibility index (Phi) is 8.28. The Morgan fingerprint density at radius 2 is 1.88 bits per heavy atom. The molecular weight excluding hydrogens is 426 g/mol. The lowest BCUT2D eigenvalue weighted by Crippen LogP contribution is -2.26. The number of aliphatic imine (C=N–C) groups is 1. The molecule has 170 valence electrons. The van der Waals surface area contributed by atoms with Gasteiger partial charge in [0.05, 0.1) is 17.0 Å². The zero-order valence-electron chi connectivity index (χ0n) is 17.8. The SMILES string of the molecule is C/C(=N\N1CN=C(C2=CC=C(C(F)(F)F)C=CC2)C=C1c1ccccc1F)C(=O)O.CC. The highest BCUT2D eigenvalue weighted by Crippen LogP contribution is 2.31. The van der Waals surface area contributed by atoms with Gasteiger partial charge in [-0.05, 0) is 43.2 Å². The van der Waals surface area contributed by atoms with Crippen LogP contribution in [0.25, 0.3) is 5.70 Å². The quantitative estimate of drug-likeness (QED) is 0.471. The molecule has 0 saturated carbocycles. The van der Waals surface area contributed by atoms with Crippen LogP contribution in [0.3, 0.4) is 0 Å². The van der Waals surface area contributed by atoms with Crippen molar-refractivity contribution in [3.63, 3.8) is 0 Å². The summed E-state index contributed by atoms with van der Waals surface area (Å²) >= 11 is 0. The topological polar surface area (TPSA) is 65.3 Å². The van der Waals surface area contributed by atoms with Crippen molar-refractivity contribution in [2.75, 3.05) is 6.67 Å². The second-order valence-electron chi connectivity index (χ2n) is 6.50.